The largest absolute Gasteiger partial charge is 0.506 e. The molecule has 0 bridgehead atoms. The fourth-order valence-electron chi connectivity index (χ4n) is 2.03. The standard InChI is InChI=1S/C12H18N2O/c15-12-6-5-11(13-9-12)10-14-7-3-1-2-4-8-14/h5-6,9,15H,1-4,7-8,10H2. The third-order valence-corrected chi connectivity index (χ3v) is 2.89. The molecule has 0 radical (unpaired) electrons. The van der Waals surface area contributed by atoms with Crippen molar-refractivity contribution in [1.29, 1.82) is 0 Å². The van der Waals surface area contributed by atoms with E-state index in [0.29, 0.717) is 0 Å². The molecule has 0 aliphatic carbocycles. The number of pyridine rings is 1. The summed E-state index contributed by atoms with van der Waals surface area (Å²) in [5.41, 5.74) is 1.05. The summed E-state index contributed by atoms with van der Waals surface area (Å²) >= 11 is 0. The van der Waals surface area contributed by atoms with Crippen molar-refractivity contribution in [3.8, 4) is 5.75 Å². The molecule has 1 N–H and O–H groups in total. The van der Waals surface area contributed by atoms with Crippen molar-refractivity contribution in [2.75, 3.05) is 13.1 Å². The van der Waals surface area contributed by atoms with E-state index in [2.05, 4.69) is 9.88 Å². The van der Waals surface area contributed by atoms with Crippen molar-refractivity contribution in [3.63, 3.8) is 0 Å². The Morgan fingerprint density at radius 3 is 2.47 bits per heavy atom. The van der Waals surface area contributed by atoms with Gasteiger partial charge in [-0.2, -0.15) is 0 Å². The van der Waals surface area contributed by atoms with Crippen LogP contribution in [0.2, 0.25) is 0 Å². The van der Waals surface area contributed by atoms with E-state index in [1.165, 1.54) is 45.0 Å². The zero-order chi connectivity index (χ0) is 10.5. The predicted octanol–water partition coefficient (Wildman–Crippen LogP) is 2.16. The molecule has 3 nitrogen and oxygen atoms in total. The van der Waals surface area contributed by atoms with Crippen LogP contribution in [0.3, 0.4) is 0 Å². The highest BCUT2D eigenvalue weighted by molar-refractivity contribution is 5.17. The summed E-state index contributed by atoms with van der Waals surface area (Å²) in [5.74, 6) is 0.245. The van der Waals surface area contributed by atoms with Crippen molar-refractivity contribution in [3.05, 3.63) is 24.0 Å². The Morgan fingerprint density at radius 1 is 1.13 bits per heavy atom. The first kappa shape index (κ1) is 10.4. The first-order valence-corrected chi connectivity index (χ1v) is 5.71. The molecule has 1 aliphatic heterocycles. The first-order chi connectivity index (χ1) is 7.34. The van der Waals surface area contributed by atoms with E-state index in [4.69, 9.17) is 5.11 Å². The van der Waals surface area contributed by atoms with Gasteiger partial charge in [0.05, 0.1) is 11.9 Å². The van der Waals surface area contributed by atoms with Crippen LogP contribution in [0, 0.1) is 0 Å². The summed E-state index contributed by atoms with van der Waals surface area (Å²) < 4.78 is 0. The van der Waals surface area contributed by atoms with Crippen LogP contribution in [0.1, 0.15) is 31.4 Å². The number of nitrogens with zero attached hydrogens (tertiary/aromatic N) is 2. The second-order valence-electron chi connectivity index (χ2n) is 4.20. The average molecular weight is 206 g/mol. The third-order valence-electron chi connectivity index (χ3n) is 2.89. The smallest absolute Gasteiger partial charge is 0.133 e. The normalized spacial score (nSPS) is 18.7. The van der Waals surface area contributed by atoms with Crippen molar-refractivity contribution in [2.24, 2.45) is 0 Å². The first-order valence-electron chi connectivity index (χ1n) is 5.71. The highest BCUT2D eigenvalue weighted by Gasteiger charge is 2.09. The molecule has 0 atom stereocenters. The molecule has 0 saturated carbocycles. The summed E-state index contributed by atoms with van der Waals surface area (Å²) in [7, 11) is 0. The van der Waals surface area contributed by atoms with Gasteiger partial charge in [0, 0.05) is 6.54 Å². The third kappa shape index (κ3) is 3.20. The summed E-state index contributed by atoms with van der Waals surface area (Å²) in [6.45, 7) is 3.28. The van der Waals surface area contributed by atoms with Gasteiger partial charge in [-0.1, -0.05) is 12.8 Å². The Labute approximate surface area is 90.8 Å². The van der Waals surface area contributed by atoms with Crippen molar-refractivity contribution >= 4 is 0 Å². The molecule has 0 aromatic carbocycles. The maximum atomic E-state index is 9.13. The molecule has 15 heavy (non-hydrogen) atoms. The molecular weight excluding hydrogens is 188 g/mol. The molecule has 0 spiro atoms. The molecule has 0 amide bonds. The zero-order valence-electron chi connectivity index (χ0n) is 9.02. The summed E-state index contributed by atoms with van der Waals surface area (Å²) in [6.07, 6.45) is 6.85. The second kappa shape index (κ2) is 5.12. The second-order valence-corrected chi connectivity index (χ2v) is 4.20. The van der Waals surface area contributed by atoms with Gasteiger partial charge in [0.25, 0.3) is 0 Å². The molecule has 1 aromatic rings. The summed E-state index contributed by atoms with van der Waals surface area (Å²) in [4.78, 5) is 6.66. The van der Waals surface area contributed by atoms with Gasteiger partial charge in [-0.05, 0) is 38.1 Å². The fourth-order valence-corrected chi connectivity index (χ4v) is 2.03. The monoisotopic (exact) mass is 206 g/mol. The Kier molecular flexibility index (Phi) is 3.56. The number of hydrogen-bond donors (Lipinski definition) is 1. The Bertz CT molecular complexity index is 289. The summed E-state index contributed by atoms with van der Waals surface area (Å²) in [6, 6.07) is 3.61. The van der Waals surface area contributed by atoms with Crippen LogP contribution in [-0.4, -0.2) is 28.1 Å². The lowest BCUT2D eigenvalue weighted by atomic mass is 10.2. The number of rotatable bonds is 2. The van der Waals surface area contributed by atoms with Gasteiger partial charge in [-0.3, -0.25) is 9.88 Å². The summed E-state index contributed by atoms with van der Waals surface area (Å²) in [5, 5.41) is 9.13. The average Bonchev–Trinajstić information content (AvgIpc) is 2.50. The maximum absolute atomic E-state index is 9.13. The number of likely N-dealkylation sites (tertiary alicyclic amines) is 1. The van der Waals surface area contributed by atoms with Crippen molar-refractivity contribution in [2.45, 2.75) is 32.2 Å². The van der Waals surface area contributed by atoms with Crippen molar-refractivity contribution < 1.29 is 5.11 Å². The number of aromatic nitrogens is 1. The fraction of sp³-hybridized carbons (Fsp3) is 0.583. The molecule has 1 aromatic heterocycles. The predicted molar refractivity (Wildman–Crippen MR) is 59.6 cm³/mol. The van der Waals surface area contributed by atoms with Gasteiger partial charge in [0.15, 0.2) is 0 Å². The molecule has 0 unspecified atom stereocenters. The lowest BCUT2D eigenvalue weighted by Gasteiger charge is -2.18. The molecule has 2 heterocycles. The van der Waals surface area contributed by atoms with Gasteiger partial charge in [0.1, 0.15) is 5.75 Å². The minimum Gasteiger partial charge on any atom is -0.506 e. The SMILES string of the molecule is Oc1ccc(CN2CCCCCC2)nc1. The van der Waals surface area contributed by atoms with Crippen molar-refractivity contribution in [1.82, 2.24) is 9.88 Å². The van der Waals surface area contributed by atoms with E-state index in [1.54, 1.807) is 6.07 Å². The van der Waals surface area contributed by atoms with Gasteiger partial charge in [-0.15, -0.1) is 0 Å². The van der Waals surface area contributed by atoms with Gasteiger partial charge >= 0.3 is 0 Å². The van der Waals surface area contributed by atoms with E-state index in [0.717, 1.165) is 12.2 Å². The van der Waals surface area contributed by atoms with Crippen LogP contribution in [0.25, 0.3) is 0 Å². The van der Waals surface area contributed by atoms with Gasteiger partial charge in [-0.25, -0.2) is 0 Å². The van der Waals surface area contributed by atoms with Crippen LogP contribution in [0.5, 0.6) is 5.75 Å². The Hall–Kier alpha value is -1.09. The quantitative estimate of drug-likeness (QED) is 0.805. The lowest BCUT2D eigenvalue weighted by molar-refractivity contribution is 0.273. The molecule has 1 fully saturated rings. The number of aromatic hydroxyl groups is 1. The Morgan fingerprint density at radius 2 is 1.87 bits per heavy atom. The van der Waals surface area contributed by atoms with Gasteiger partial charge in [0.2, 0.25) is 0 Å². The molecule has 82 valence electrons. The minimum absolute atomic E-state index is 0.245. The van der Waals surface area contributed by atoms with Crippen LogP contribution >= 0.6 is 0 Å². The maximum Gasteiger partial charge on any atom is 0.133 e. The Balaban J connectivity index is 1.92. The zero-order valence-corrected chi connectivity index (χ0v) is 9.02. The molecule has 2 rings (SSSR count). The highest BCUT2D eigenvalue weighted by Crippen LogP contribution is 2.13. The van der Waals surface area contributed by atoms with E-state index >= 15 is 0 Å². The van der Waals surface area contributed by atoms with E-state index in [-0.39, 0.29) is 5.75 Å². The minimum atomic E-state index is 0.245. The molecule has 1 aliphatic rings. The molecular formula is C12H18N2O. The van der Waals surface area contributed by atoms with Crippen LogP contribution in [0.15, 0.2) is 18.3 Å². The number of hydrogen-bond acceptors (Lipinski definition) is 3. The van der Waals surface area contributed by atoms with Gasteiger partial charge < -0.3 is 5.11 Å². The van der Waals surface area contributed by atoms with Crippen LogP contribution in [0.4, 0.5) is 0 Å². The van der Waals surface area contributed by atoms with Crippen LogP contribution < -0.4 is 0 Å². The molecule has 1 saturated heterocycles. The van der Waals surface area contributed by atoms with E-state index in [1.807, 2.05) is 6.07 Å². The van der Waals surface area contributed by atoms with E-state index in [9.17, 15) is 0 Å². The topological polar surface area (TPSA) is 36.4 Å². The van der Waals surface area contributed by atoms with E-state index < -0.39 is 0 Å². The highest BCUT2D eigenvalue weighted by atomic mass is 16.3. The molecule has 3 heteroatoms. The lowest BCUT2D eigenvalue weighted by Crippen LogP contribution is -2.24. The van der Waals surface area contributed by atoms with Crippen LogP contribution in [-0.2, 0) is 6.54 Å².